The predicted octanol–water partition coefficient (Wildman–Crippen LogP) is 4.63. The van der Waals surface area contributed by atoms with Gasteiger partial charge in [-0.15, -0.1) is 11.3 Å². The van der Waals surface area contributed by atoms with Crippen LogP contribution >= 0.6 is 11.3 Å². The molecular weight excluding hydrogens is 430 g/mol. The van der Waals surface area contributed by atoms with Gasteiger partial charge in [0.2, 0.25) is 0 Å². The molecule has 5 rings (SSSR count). The number of hydrogen-bond acceptors (Lipinski definition) is 5. The van der Waals surface area contributed by atoms with E-state index < -0.39 is 0 Å². The molecule has 0 saturated carbocycles. The van der Waals surface area contributed by atoms with E-state index >= 15 is 0 Å². The van der Waals surface area contributed by atoms with Gasteiger partial charge in [0.05, 0.1) is 12.1 Å². The molecule has 3 heterocycles. The van der Waals surface area contributed by atoms with Crippen LogP contribution in [0.1, 0.15) is 27.0 Å². The van der Waals surface area contributed by atoms with E-state index in [9.17, 15) is 4.79 Å². The molecule has 1 fully saturated rings. The molecule has 0 spiro atoms. The Labute approximate surface area is 198 Å². The van der Waals surface area contributed by atoms with E-state index in [2.05, 4.69) is 60.1 Å². The minimum absolute atomic E-state index is 0.0412. The van der Waals surface area contributed by atoms with Gasteiger partial charge in [-0.2, -0.15) is 5.10 Å². The van der Waals surface area contributed by atoms with Crippen molar-refractivity contribution in [2.75, 3.05) is 31.1 Å². The van der Waals surface area contributed by atoms with Gasteiger partial charge in [-0.05, 0) is 19.4 Å². The minimum Gasteiger partial charge on any atom is -0.345 e. The van der Waals surface area contributed by atoms with E-state index in [0.717, 1.165) is 35.0 Å². The maximum Gasteiger partial charge on any atom is 0.257 e. The van der Waals surface area contributed by atoms with Crippen molar-refractivity contribution in [3.63, 3.8) is 0 Å². The van der Waals surface area contributed by atoms with Crippen molar-refractivity contribution in [3.05, 3.63) is 88.6 Å². The zero-order valence-electron chi connectivity index (χ0n) is 18.9. The Kier molecular flexibility index (Phi) is 5.96. The van der Waals surface area contributed by atoms with E-state index in [-0.39, 0.29) is 5.91 Å². The third kappa shape index (κ3) is 4.68. The smallest absolute Gasteiger partial charge is 0.257 e. The Hall–Kier alpha value is -3.45. The number of piperazine rings is 1. The lowest BCUT2D eigenvalue weighted by molar-refractivity contribution is 0.0747. The first-order valence-electron chi connectivity index (χ1n) is 11.2. The Morgan fingerprint density at radius 3 is 2.24 bits per heavy atom. The van der Waals surface area contributed by atoms with Crippen molar-refractivity contribution in [2.24, 2.45) is 0 Å². The molecule has 0 aliphatic carbocycles. The van der Waals surface area contributed by atoms with Crippen LogP contribution in [0.4, 0.5) is 5.13 Å². The number of carbonyl (C=O) groups excluding carboxylic acids is 1. The highest BCUT2D eigenvalue weighted by Crippen LogP contribution is 2.26. The number of carbonyl (C=O) groups is 1. The zero-order valence-corrected chi connectivity index (χ0v) is 19.8. The monoisotopic (exact) mass is 457 g/mol. The largest absolute Gasteiger partial charge is 0.345 e. The Balaban J connectivity index is 1.41. The Bertz CT molecular complexity index is 1220. The standard InChI is InChI=1S/C26H27N5OS/c1-19-3-7-21(8-4-19)17-31-18-23(24(28-31)22-9-5-20(2)6-10-22)25(32)29-12-14-30(15-13-29)26-27-11-16-33-26/h3-11,16,18H,12-15,17H2,1-2H3. The van der Waals surface area contributed by atoms with Crippen molar-refractivity contribution >= 4 is 22.4 Å². The van der Waals surface area contributed by atoms with Gasteiger partial charge in [0.15, 0.2) is 5.13 Å². The second-order valence-electron chi connectivity index (χ2n) is 8.53. The number of nitrogens with zero attached hydrogens (tertiary/aromatic N) is 5. The van der Waals surface area contributed by atoms with E-state index in [1.54, 1.807) is 11.3 Å². The highest BCUT2D eigenvalue weighted by molar-refractivity contribution is 7.13. The Morgan fingerprint density at radius 2 is 1.61 bits per heavy atom. The van der Waals surface area contributed by atoms with Crippen molar-refractivity contribution in [2.45, 2.75) is 20.4 Å². The number of anilines is 1. The summed E-state index contributed by atoms with van der Waals surface area (Å²) in [6, 6.07) is 16.7. The summed E-state index contributed by atoms with van der Waals surface area (Å²) in [5.41, 5.74) is 5.95. The second kappa shape index (κ2) is 9.19. The third-order valence-electron chi connectivity index (χ3n) is 6.04. The normalized spacial score (nSPS) is 14.0. The summed E-state index contributed by atoms with van der Waals surface area (Å²) < 4.78 is 1.89. The van der Waals surface area contributed by atoms with E-state index in [1.165, 1.54) is 11.1 Å². The zero-order chi connectivity index (χ0) is 22.8. The minimum atomic E-state index is 0.0412. The molecule has 0 unspecified atom stereocenters. The molecule has 1 amide bonds. The molecule has 168 valence electrons. The number of rotatable bonds is 5. The molecule has 0 radical (unpaired) electrons. The molecule has 33 heavy (non-hydrogen) atoms. The number of aryl methyl sites for hydroxylation is 2. The van der Waals surface area contributed by atoms with Crippen LogP contribution < -0.4 is 4.90 Å². The van der Waals surface area contributed by atoms with Crippen molar-refractivity contribution in [1.82, 2.24) is 19.7 Å². The quantitative estimate of drug-likeness (QED) is 0.438. The number of thiazole rings is 1. The van der Waals surface area contributed by atoms with Crippen molar-refractivity contribution in [1.29, 1.82) is 0 Å². The fourth-order valence-electron chi connectivity index (χ4n) is 4.11. The molecule has 4 aromatic rings. The maximum absolute atomic E-state index is 13.6. The molecule has 1 aliphatic heterocycles. The summed E-state index contributed by atoms with van der Waals surface area (Å²) in [5.74, 6) is 0.0412. The summed E-state index contributed by atoms with van der Waals surface area (Å²) in [7, 11) is 0. The van der Waals surface area contributed by atoms with E-state index in [1.807, 2.05) is 39.5 Å². The lowest BCUT2D eigenvalue weighted by Crippen LogP contribution is -2.48. The third-order valence-corrected chi connectivity index (χ3v) is 6.87. The van der Waals surface area contributed by atoms with Gasteiger partial charge in [-0.25, -0.2) is 4.98 Å². The second-order valence-corrected chi connectivity index (χ2v) is 9.41. The van der Waals surface area contributed by atoms with Crippen LogP contribution in [-0.4, -0.2) is 51.8 Å². The summed E-state index contributed by atoms with van der Waals surface area (Å²) in [6.07, 6.45) is 3.73. The fraction of sp³-hybridized carbons (Fsp3) is 0.269. The molecule has 0 bridgehead atoms. The molecule has 1 aliphatic rings. The number of hydrogen-bond donors (Lipinski definition) is 0. The molecular formula is C26H27N5OS. The highest BCUT2D eigenvalue weighted by Gasteiger charge is 2.27. The lowest BCUT2D eigenvalue weighted by Gasteiger charge is -2.34. The molecule has 6 nitrogen and oxygen atoms in total. The van der Waals surface area contributed by atoms with Crippen LogP contribution in [0.2, 0.25) is 0 Å². The average molecular weight is 458 g/mol. The summed E-state index contributed by atoms with van der Waals surface area (Å²) in [5, 5.41) is 7.86. The van der Waals surface area contributed by atoms with Crippen molar-refractivity contribution < 1.29 is 4.79 Å². The SMILES string of the molecule is Cc1ccc(Cn2cc(C(=O)N3CCN(c4nccs4)CC3)c(-c3ccc(C)cc3)n2)cc1. The average Bonchev–Trinajstić information content (AvgIpc) is 3.51. The Morgan fingerprint density at radius 1 is 0.939 bits per heavy atom. The van der Waals surface area contributed by atoms with Crippen molar-refractivity contribution in [3.8, 4) is 11.3 Å². The summed E-state index contributed by atoms with van der Waals surface area (Å²) in [4.78, 5) is 22.2. The van der Waals surface area contributed by atoms with Gasteiger partial charge in [0, 0.05) is 49.5 Å². The molecule has 0 N–H and O–H groups in total. The molecule has 1 saturated heterocycles. The first-order valence-corrected chi connectivity index (χ1v) is 12.1. The molecule has 7 heteroatoms. The predicted molar refractivity (Wildman–Crippen MR) is 133 cm³/mol. The van der Waals surface area contributed by atoms with E-state index in [0.29, 0.717) is 25.2 Å². The van der Waals surface area contributed by atoms with Gasteiger partial charge >= 0.3 is 0 Å². The van der Waals surface area contributed by atoms with Gasteiger partial charge in [-0.1, -0.05) is 59.7 Å². The van der Waals surface area contributed by atoms with Gasteiger partial charge in [0.1, 0.15) is 5.69 Å². The lowest BCUT2D eigenvalue weighted by atomic mass is 10.1. The molecule has 0 atom stereocenters. The number of aromatic nitrogens is 3. The van der Waals surface area contributed by atoms with Gasteiger partial charge < -0.3 is 9.80 Å². The van der Waals surface area contributed by atoms with Crippen LogP contribution in [0.3, 0.4) is 0 Å². The molecule has 2 aromatic carbocycles. The summed E-state index contributed by atoms with van der Waals surface area (Å²) >= 11 is 1.64. The number of benzene rings is 2. The molecule has 2 aromatic heterocycles. The maximum atomic E-state index is 13.6. The van der Waals surface area contributed by atoms with Gasteiger partial charge in [0.25, 0.3) is 5.91 Å². The first-order chi connectivity index (χ1) is 16.1. The van der Waals surface area contributed by atoms with Crippen LogP contribution in [-0.2, 0) is 6.54 Å². The summed E-state index contributed by atoms with van der Waals surface area (Å²) in [6.45, 7) is 7.70. The number of amides is 1. The van der Waals surface area contributed by atoms with Crippen LogP contribution in [0.25, 0.3) is 11.3 Å². The van der Waals surface area contributed by atoms with Crippen LogP contribution in [0.15, 0.2) is 66.3 Å². The highest BCUT2D eigenvalue weighted by atomic mass is 32.1. The first kappa shape index (κ1) is 21.4. The fourth-order valence-corrected chi connectivity index (χ4v) is 4.80. The topological polar surface area (TPSA) is 54.3 Å². The van der Waals surface area contributed by atoms with E-state index in [4.69, 9.17) is 5.10 Å². The van der Waals surface area contributed by atoms with Crippen LogP contribution in [0, 0.1) is 13.8 Å². The van der Waals surface area contributed by atoms with Crippen LogP contribution in [0.5, 0.6) is 0 Å². The van der Waals surface area contributed by atoms with Gasteiger partial charge in [-0.3, -0.25) is 9.48 Å².